The number of rotatable bonds is 2. The van der Waals surface area contributed by atoms with Crippen molar-refractivity contribution >= 4 is 33.7 Å². The highest BCUT2D eigenvalue weighted by Crippen LogP contribution is 2.16. The zero-order valence-corrected chi connectivity index (χ0v) is 17.4. The van der Waals surface area contributed by atoms with Crippen LogP contribution < -0.4 is 10.4 Å². The molecule has 5 aromatic carbocycles. The Bertz CT molecular complexity index is 1290. The average molecular weight is 385 g/mol. The highest BCUT2D eigenvalue weighted by atomic mass is 14.1. The topological polar surface area (TPSA) is 0 Å². The molecule has 144 valence electrons. The molecular weight excluding hydrogens is 360 g/mol. The van der Waals surface area contributed by atoms with Crippen molar-refractivity contribution < 1.29 is 0 Å². The molecule has 0 unspecified atom stereocenters. The lowest BCUT2D eigenvalue weighted by Gasteiger charge is -2.08. The molecule has 0 N–H and O–H groups in total. The molecule has 0 aliphatic carbocycles. The number of benzene rings is 5. The first kappa shape index (κ1) is 18.4. The van der Waals surface area contributed by atoms with E-state index in [9.17, 15) is 0 Å². The Hall–Kier alpha value is -3.64. The Morgan fingerprint density at radius 3 is 1.00 bits per heavy atom. The van der Waals surface area contributed by atoms with Crippen molar-refractivity contribution in [3.8, 4) is 0 Å². The van der Waals surface area contributed by atoms with Gasteiger partial charge in [0.25, 0.3) is 0 Å². The molecule has 0 aliphatic rings. The van der Waals surface area contributed by atoms with E-state index in [4.69, 9.17) is 0 Å². The summed E-state index contributed by atoms with van der Waals surface area (Å²) in [7, 11) is 0. The number of aryl methyl sites for hydroxylation is 2. The van der Waals surface area contributed by atoms with E-state index in [0.717, 1.165) is 0 Å². The zero-order valence-electron chi connectivity index (χ0n) is 17.4. The lowest BCUT2D eigenvalue weighted by atomic mass is 9.95. The molecule has 0 saturated heterocycles. The third-order valence-electron chi connectivity index (χ3n) is 5.79. The smallest absolute Gasteiger partial charge is 0.00930 e. The van der Waals surface area contributed by atoms with Gasteiger partial charge in [-0.05, 0) is 69.1 Å². The average Bonchev–Trinajstić information content (AvgIpc) is 2.78. The second kappa shape index (κ2) is 7.65. The van der Waals surface area contributed by atoms with Crippen LogP contribution in [0.3, 0.4) is 0 Å². The Balaban J connectivity index is 1.92. The number of hydrogen-bond donors (Lipinski definition) is 0. The minimum Gasteiger partial charge on any atom is -0.0616 e. The van der Waals surface area contributed by atoms with Crippen LogP contribution >= 0.6 is 0 Å². The van der Waals surface area contributed by atoms with Gasteiger partial charge in [0, 0.05) is 0 Å². The van der Waals surface area contributed by atoms with E-state index in [0.29, 0.717) is 0 Å². The standard InChI is InChI=1S/C30H24/c1-21-11-15-23(16-12-21)19-29-25-7-3-5-9-27(25)30(28-10-6-4-8-26(28)29)20-24-17-13-22(2)14-18-24/h3-20H,1-2H3. The summed E-state index contributed by atoms with van der Waals surface area (Å²) in [5.74, 6) is 0. The summed E-state index contributed by atoms with van der Waals surface area (Å²) < 4.78 is 0. The van der Waals surface area contributed by atoms with E-state index in [1.807, 2.05) is 0 Å². The SMILES string of the molecule is Cc1ccc(C=c2c3ccccc3c(=Cc3ccc(C)cc3)c3ccccc23)cc1. The van der Waals surface area contributed by atoms with Crippen LogP contribution in [-0.4, -0.2) is 0 Å². The molecule has 0 aliphatic heterocycles. The van der Waals surface area contributed by atoms with E-state index in [-0.39, 0.29) is 0 Å². The molecule has 0 heterocycles. The Morgan fingerprint density at radius 1 is 0.400 bits per heavy atom. The third-order valence-corrected chi connectivity index (χ3v) is 5.79. The van der Waals surface area contributed by atoms with Crippen LogP contribution in [0.25, 0.3) is 33.7 Å². The molecule has 0 amide bonds. The van der Waals surface area contributed by atoms with Crippen LogP contribution in [0, 0.1) is 13.8 Å². The molecule has 0 bridgehead atoms. The summed E-state index contributed by atoms with van der Waals surface area (Å²) in [6, 6.07) is 35.0. The fourth-order valence-corrected chi connectivity index (χ4v) is 4.17. The molecule has 0 saturated carbocycles. The zero-order chi connectivity index (χ0) is 20.5. The van der Waals surface area contributed by atoms with Crippen LogP contribution in [-0.2, 0) is 0 Å². The second-order valence-corrected chi connectivity index (χ2v) is 8.03. The van der Waals surface area contributed by atoms with Crippen molar-refractivity contribution in [1.82, 2.24) is 0 Å². The largest absolute Gasteiger partial charge is 0.0616 e. The first-order valence-electron chi connectivity index (χ1n) is 10.5. The van der Waals surface area contributed by atoms with Crippen LogP contribution in [0.4, 0.5) is 0 Å². The van der Waals surface area contributed by atoms with E-state index in [1.165, 1.54) is 54.2 Å². The molecule has 0 nitrogen and oxygen atoms in total. The predicted octanol–water partition coefficient (Wildman–Crippen LogP) is 6.27. The first-order valence-corrected chi connectivity index (χ1v) is 10.5. The van der Waals surface area contributed by atoms with Gasteiger partial charge in [0.05, 0.1) is 0 Å². The van der Waals surface area contributed by atoms with Gasteiger partial charge in [0.15, 0.2) is 0 Å². The third kappa shape index (κ3) is 3.42. The second-order valence-electron chi connectivity index (χ2n) is 8.03. The summed E-state index contributed by atoms with van der Waals surface area (Å²) in [6.07, 6.45) is 4.64. The summed E-state index contributed by atoms with van der Waals surface area (Å²) in [6.45, 7) is 4.26. The van der Waals surface area contributed by atoms with Gasteiger partial charge >= 0.3 is 0 Å². The summed E-state index contributed by atoms with van der Waals surface area (Å²) in [4.78, 5) is 0. The Kier molecular flexibility index (Phi) is 4.69. The van der Waals surface area contributed by atoms with Gasteiger partial charge in [-0.3, -0.25) is 0 Å². The van der Waals surface area contributed by atoms with E-state index >= 15 is 0 Å². The molecule has 5 rings (SSSR count). The number of hydrogen-bond acceptors (Lipinski definition) is 0. The van der Waals surface area contributed by atoms with Crippen molar-refractivity contribution in [2.24, 2.45) is 0 Å². The van der Waals surface area contributed by atoms with Gasteiger partial charge in [-0.2, -0.15) is 0 Å². The van der Waals surface area contributed by atoms with E-state index in [2.05, 4.69) is 123 Å². The molecule has 0 atom stereocenters. The van der Waals surface area contributed by atoms with E-state index < -0.39 is 0 Å². The molecule has 0 heteroatoms. The molecule has 0 aromatic heterocycles. The van der Waals surface area contributed by atoms with Gasteiger partial charge in [0.1, 0.15) is 0 Å². The van der Waals surface area contributed by atoms with Crippen LogP contribution in [0.15, 0.2) is 97.1 Å². The molecule has 0 radical (unpaired) electrons. The van der Waals surface area contributed by atoms with Gasteiger partial charge in [0.2, 0.25) is 0 Å². The quantitative estimate of drug-likeness (QED) is 0.315. The van der Waals surface area contributed by atoms with Crippen LogP contribution in [0.1, 0.15) is 22.3 Å². The fourth-order valence-electron chi connectivity index (χ4n) is 4.17. The maximum absolute atomic E-state index is 2.32. The summed E-state index contributed by atoms with van der Waals surface area (Å²) in [5.41, 5.74) is 5.02. The van der Waals surface area contributed by atoms with Gasteiger partial charge in [-0.15, -0.1) is 0 Å². The Labute approximate surface area is 177 Å². The van der Waals surface area contributed by atoms with Crippen molar-refractivity contribution in [1.29, 1.82) is 0 Å². The van der Waals surface area contributed by atoms with Crippen molar-refractivity contribution in [3.05, 3.63) is 130 Å². The van der Waals surface area contributed by atoms with Crippen LogP contribution in [0.5, 0.6) is 0 Å². The van der Waals surface area contributed by atoms with Crippen molar-refractivity contribution in [2.45, 2.75) is 13.8 Å². The predicted molar refractivity (Wildman–Crippen MR) is 130 cm³/mol. The first-order chi connectivity index (χ1) is 14.7. The summed E-state index contributed by atoms with van der Waals surface area (Å²) >= 11 is 0. The molecular formula is C30H24. The molecule has 0 fully saturated rings. The Morgan fingerprint density at radius 2 is 0.700 bits per heavy atom. The highest BCUT2D eigenvalue weighted by molar-refractivity contribution is 6.01. The molecule has 0 spiro atoms. The van der Waals surface area contributed by atoms with Crippen molar-refractivity contribution in [2.75, 3.05) is 0 Å². The fraction of sp³-hybridized carbons (Fsp3) is 0.0667. The lowest BCUT2D eigenvalue weighted by molar-refractivity contribution is 1.46. The minimum atomic E-state index is 1.23. The maximum Gasteiger partial charge on any atom is -0.00930 e. The lowest BCUT2D eigenvalue weighted by Crippen LogP contribution is -2.15. The van der Waals surface area contributed by atoms with Gasteiger partial charge < -0.3 is 0 Å². The summed E-state index contributed by atoms with van der Waals surface area (Å²) in [5, 5.41) is 7.72. The van der Waals surface area contributed by atoms with E-state index in [1.54, 1.807) is 0 Å². The monoisotopic (exact) mass is 384 g/mol. The number of fused-ring (bicyclic) bond motifs is 2. The van der Waals surface area contributed by atoms with Gasteiger partial charge in [-0.25, -0.2) is 0 Å². The minimum absolute atomic E-state index is 1.23. The van der Waals surface area contributed by atoms with Crippen LogP contribution in [0.2, 0.25) is 0 Å². The maximum atomic E-state index is 2.32. The molecule has 30 heavy (non-hydrogen) atoms. The normalized spacial score (nSPS) is 11.0. The van der Waals surface area contributed by atoms with Gasteiger partial charge in [-0.1, -0.05) is 108 Å². The molecule has 5 aromatic rings. The highest BCUT2D eigenvalue weighted by Gasteiger charge is 2.06. The van der Waals surface area contributed by atoms with Crippen molar-refractivity contribution in [3.63, 3.8) is 0 Å².